The summed E-state index contributed by atoms with van der Waals surface area (Å²) in [6.45, 7) is -0.0269. The number of aromatic nitrogens is 1. The summed E-state index contributed by atoms with van der Waals surface area (Å²) in [5.41, 5.74) is 0.637. The summed E-state index contributed by atoms with van der Waals surface area (Å²) in [5.74, 6) is 1.98. The van der Waals surface area contributed by atoms with Crippen LogP contribution in [0.3, 0.4) is 0 Å². The lowest BCUT2D eigenvalue weighted by Crippen LogP contribution is -1.89. The summed E-state index contributed by atoms with van der Waals surface area (Å²) in [6.07, 6.45) is 3.93. The van der Waals surface area contributed by atoms with Crippen LogP contribution < -0.4 is 0 Å². The lowest BCUT2D eigenvalue weighted by Gasteiger charge is -2.00. The second-order valence-electron chi connectivity index (χ2n) is 2.84. The molecule has 1 aliphatic heterocycles. The van der Waals surface area contributed by atoms with Gasteiger partial charge in [0.25, 0.3) is 0 Å². The second kappa shape index (κ2) is 3.49. The first-order valence-corrected chi connectivity index (χ1v) is 5.12. The van der Waals surface area contributed by atoms with E-state index in [1.54, 1.807) is 0 Å². The summed E-state index contributed by atoms with van der Waals surface area (Å²) in [6, 6.07) is 0. The molecule has 2 rings (SSSR count). The fourth-order valence-corrected chi connectivity index (χ4v) is 2.52. The first-order chi connectivity index (χ1) is 5.90. The first-order valence-electron chi connectivity index (χ1n) is 4.07. The monoisotopic (exact) mass is 185 g/mol. The topological polar surface area (TPSA) is 46.3 Å². The van der Waals surface area contributed by atoms with Gasteiger partial charge in [-0.15, -0.1) is 11.8 Å². The molecule has 0 bridgehead atoms. The Balaban J connectivity index is 2.11. The number of thioether (sulfide) groups is 1. The van der Waals surface area contributed by atoms with Crippen molar-refractivity contribution in [3.63, 3.8) is 0 Å². The van der Waals surface area contributed by atoms with Crippen molar-refractivity contribution in [2.75, 3.05) is 5.75 Å². The minimum Gasteiger partial charge on any atom is -0.447 e. The summed E-state index contributed by atoms with van der Waals surface area (Å²) in [5, 5.41) is 9.19. The molecule has 1 aromatic rings. The van der Waals surface area contributed by atoms with E-state index < -0.39 is 0 Å². The third kappa shape index (κ3) is 1.49. The molecule has 0 aromatic carbocycles. The van der Waals surface area contributed by atoms with Crippen LogP contribution in [0.25, 0.3) is 0 Å². The molecule has 12 heavy (non-hydrogen) atoms. The van der Waals surface area contributed by atoms with Crippen molar-refractivity contribution >= 4 is 11.8 Å². The molecule has 1 aromatic heterocycles. The SMILES string of the molecule is OCc1coc(C2CCCS2)n1. The Morgan fingerprint density at radius 3 is 3.25 bits per heavy atom. The number of aliphatic hydroxyl groups is 1. The quantitative estimate of drug-likeness (QED) is 0.762. The molecule has 2 heterocycles. The van der Waals surface area contributed by atoms with Crippen LogP contribution in [0, 0.1) is 0 Å². The zero-order valence-electron chi connectivity index (χ0n) is 6.69. The van der Waals surface area contributed by atoms with E-state index in [2.05, 4.69) is 4.98 Å². The van der Waals surface area contributed by atoms with Crippen molar-refractivity contribution in [2.24, 2.45) is 0 Å². The maximum Gasteiger partial charge on any atom is 0.207 e. The molecule has 0 amide bonds. The Hall–Kier alpha value is -0.480. The van der Waals surface area contributed by atoms with E-state index in [1.165, 1.54) is 18.4 Å². The maximum absolute atomic E-state index is 8.76. The average Bonchev–Trinajstić information content (AvgIpc) is 2.75. The second-order valence-corrected chi connectivity index (χ2v) is 4.15. The van der Waals surface area contributed by atoms with Gasteiger partial charge in [0, 0.05) is 0 Å². The molecule has 66 valence electrons. The van der Waals surface area contributed by atoms with E-state index >= 15 is 0 Å². The van der Waals surface area contributed by atoms with Crippen molar-refractivity contribution < 1.29 is 9.52 Å². The van der Waals surface area contributed by atoms with Crippen molar-refractivity contribution in [3.8, 4) is 0 Å². The molecule has 3 nitrogen and oxygen atoms in total. The fraction of sp³-hybridized carbons (Fsp3) is 0.625. The maximum atomic E-state index is 8.76. The van der Waals surface area contributed by atoms with Crippen LogP contribution in [0.15, 0.2) is 10.7 Å². The van der Waals surface area contributed by atoms with Crippen molar-refractivity contribution in [1.29, 1.82) is 0 Å². The van der Waals surface area contributed by atoms with E-state index in [1.807, 2.05) is 11.8 Å². The zero-order chi connectivity index (χ0) is 8.39. The Bertz CT molecular complexity index is 255. The summed E-state index contributed by atoms with van der Waals surface area (Å²) >= 11 is 1.88. The van der Waals surface area contributed by atoms with E-state index in [-0.39, 0.29) is 6.61 Å². The van der Waals surface area contributed by atoms with Gasteiger partial charge in [0.15, 0.2) is 0 Å². The van der Waals surface area contributed by atoms with Crippen LogP contribution in [0.5, 0.6) is 0 Å². The minimum absolute atomic E-state index is 0.0269. The van der Waals surface area contributed by atoms with Gasteiger partial charge in [0.2, 0.25) is 5.89 Å². The third-order valence-electron chi connectivity index (χ3n) is 1.94. The molecule has 1 N–H and O–H groups in total. The molecule has 1 saturated heterocycles. The molecule has 0 aliphatic carbocycles. The lowest BCUT2D eigenvalue weighted by molar-refractivity contribution is 0.276. The summed E-state index contributed by atoms with van der Waals surface area (Å²) in [4.78, 5) is 4.17. The van der Waals surface area contributed by atoms with Crippen LogP contribution >= 0.6 is 11.8 Å². The molecule has 1 unspecified atom stereocenters. The van der Waals surface area contributed by atoms with Gasteiger partial charge in [-0.2, -0.15) is 0 Å². The first kappa shape index (κ1) is 8.13. The zero-order valence-corrected chi connectivity index (χ0v) is 7.51. The fourth-order valence-electron chi connectivity index (χ4n) is 1.32. The van der Waals surface area contributed by atoms with Crippen LogP contribution in [-0.2, 0) is 6.61 Å². The van der Waals surface area contributed by atoms with Gasteiger partial charge in [-0.1, -0.05) is 0 Å². The molecule has 0 saturated carbocycles. The number of aliphatic hydroxyl groups excluding tert-OH is 1. The molecule has 1 atom stereocenters. The van der Waals surface area contributed by atoms with E-state index in [0.29, 0.717) is 10.9 Å². The Morgan fingerprint density at radius 1 is 1.75 bits per heavy atom. The highest BCUT2D eigenvalue weighted by atomic mass is 32.2. The van der Waals surface area contributed by atoms with Crippen molar-refractivity contribution in [3.05, 3.63) is 17.8 Å². The van der Waals surface area contributed by atoms with Crippen molar-refractivity contribution in [1.82, 2.24) is 4.98 Å². The number of rotatable bonds is 2. The average molecular weight is 185 g/mol. The smallest absolute Gasteiger partial charge is 0.207 e. The molecule has 1 aliphatic rings. The number of hydrogen-bond donors (Lipinski definition) is 1. The van der Waals surface area contributed by atoms with Crippen LogP contribution in [-0.4, -0.2) is 15.8 Å². The van der Waals surface area contributed by atoms with Gasteiger partial charge in [-0.3, -0.25) is 0 Å². The van der Waals surface area contributed by atoms with Gasteiger partial charge < -0.3 is 9.52 Å². The predicted molar refractivity (Wildman–Crippen MR) is 46.9 cm³/mol. The summed E-state index contributed by atoms with van der Waals surface area (Å²) < 4.78 is 5.25. The highest BCUT2D eigenvalue weighted by Gasteiger charge is 2.22. The van der Waals surface area contributed by atoms with Gasteiger partial charge in [0.1, 0.15) is 12.0 Å². The van der Waals surface area contributed by atoms with E-state index in [9.17, 15) is 0 Å². The normalized spacial score (nSPS) is 23.2. The predicted octanol–water partition coefficient (Wildman–Crippen LogP) is 1.73. The Morgan fingerprint density at radius 2 is 2.67 bits per heavy atom. The Labute approximate surface area is 75.2 Å². The molecular weight excluding hydrogens is 174 g/mol. The number of hydrogen-bond acceptors (Lipinski definition) is 4. The highest BCUT2D eigenvalue weighted by molar-refractivity contribution is 7.99. The molecule has 0 spiro atoms. The third-order valence-corrected chi connectivity index (χ3v) is 3.30. The molecule has 4 heteroatoms. The van der Waals surface area contributed by atoms with E-state index in [0.717, 1.165) is 12.3 Å². The van der Waals surface area contributed by atoms with Gasteiger partial charge in [-0.25, -0.2) is 4.98 Å². The van der Waals surface area contributed by atoms with Crippen molar-refractivity contribution in [2.45, 2.75) is 24.7 Å². The highest BCUT2D eigenvalue weighted by Crippen LogP contribution is 2.39. The standard InChI is InChI=1S/C8H11NO2S/c10-4-6-5-11-8(9-6)7-2-1-3-12-7/h5,7,10H,1-4H2. The minimum atomic E-state index is -0.0269. The largest absolute Gasteiger partial charge is 0.447 e. The lowest BCUT2D eigenvalue weighted by atomic mass is 10.2. The Kier molecular flexibility index (Phi) is 2.37. The molecule has 1 fully saturated rings. The van der Waals surface area contributed by atoms with Crippen LogP contribution in [0.1, 0.15) is 29.7 Å². The van der Waals surface area contributed by atoms with Crippen LogP contribution in [0.2, 0.25) is 0 Å². The van der Waals surface area contributed by atoms with Gasteiger partial charge in [-0.05, 0) is 18.6 Å². The van der Waals surface area contributed by atoms with E-state index in [4.69, 9.17) is 9.52 Å². The van der Waals surface area contributed by atoms with Gasteiger partial charge >= 0.3 is 0 Å². The molecule has 0 radical (unpaired) electrons. The molecular formula is C8H11NO2S. The number of oxazole rings is 1. The summed E-state index contributed by atoms with van der Waals surface area (Å²) in [7, 11) is 0. The number of nitrogens with zero attached hydrogens (tertiary/aromatic N) is 1. The van der Waals surface area contributed by atoms with Crippen LogP contribution in [0.4, 0.5) is 0 Å². The van der Waals surface area contributed by atoms with Gasteiger partial charge in [0.05, 0.1) is 11.9 Å².